The summed E-state index contributed by atoms with van der Waals surface area (Å²) in [5.41, 5.74) is 3.17. The molecule has 2 aliphatic rings. The summed E-state index contributed by atoms with van der Waals surface area (Å²) in [5, 5.41) is 9.36. The molecule has 0 bridgehead atoms. The highest BCUT2D eigenvalue weighted by atomic mass is 19.4. The van der Waals surface area contributed by atoms with Crippen LogP contribution in [0.2, 0.25) is 0 Å². The number of likely N-dealkylation sites (tertiary alicyclic amines) is 1. The number of piperidine rings is 1. The van der Waals surface area contributed by atoms with E-state index in [-0.39, 0.29) is 45.0 Å². The molecule has 3 aromatic carbocycles. The summed E-state index contributed by atoms with van der Waals surface area (Å²) in [6, 6.07) is 19.9. The van der Waals surface area contributed by atoms with Gasteiger partial charge in [-0.2, -0.15) is 13.2 Å². The molecule has 0 spiro atoms. The fraction of sp³-hybridized carbons (Fsp3) is 0.417. The van der Waals surface area contributed by atoms with Gasteiger partial charge < -0.3 is 24.4 Å². The molecule has 2 amide bonds. The fourth-order valence-electron chi connectivity index (χ4n) is 6.52. The molecular formula is C36H39F3N2O6. The summed E-state index contributed by atoms with van der Waals surface area (Å²) in [5.74, 6) is -1.71. The van der Waals surface area contributed by atoms with Crippen molar-refractivity contribution in [1.82, 2.24) is 9.80 Å². The molecule has 2 atom stereocenters. The molecule has 11 heteroatoms. The lowest BCUT2D eigenvalue weighted by Gasteiger charge is -2.44. The van der Waals surface area contributed by atoms with Crippen LogP contribution in [0.3, 0.4) is 0 Å². The van der Waals surface area contributed by atoms with Crippen molar-refractivity contribution in [3.8, 4) is 11.1 Å². The van der Waals surface area contributed by atoms with Gasteiger partial charge in [0, 0.05) is 37.9 Å². The molecule has 0 radical (unpaired) electrons. The molecule has 1 aliphatic heterocycles. The maximum atomic E-state index is 14.0. The van der Waals surface area contributed by atoms with Crippen LogP contribution in [0.15, 0.2) is 72.8 Å². The number of halogens is 3. The second kappa shape index (κ2) is 13.7. The Hall–Kier alpha value is -4.54. The number of carboxylic acids is 1. The highest BCUT2D eigenvalue weighted by molar-refractivity contribution is 5.79. The lowest BCUT2D eigenvalue weighted by atomic mass is 9.84. The Morgan fingerprint density at radius 2 is 1.51 bits per heavy atom. The Morgan fingerprint density at radius 1 is 0.915 bits per heavy atom. The molecule has 0 saturated carbocycles. The number of nitrogens with zero attached hydrogens (tertiary/aromatic N) is 2. The summed E-state index contributed by atoms with van der Waals surface area (Å²) >= 11 is 0. The zero-order valence-electron chi connectivity index (χ0n) is 26.6. The molecular weight excluding hydrogens is 613 g/mol. The third kappa shape index (κ3) is 7.89. The number of carboxylic acid groups (broad SMARTS) is 1. The van der Waals surface area contributed by atoms with Gasteiger partial charge in [0.05, 0.1) is 11.6 Å². The van der Waals surface area contributed by atoms with Crippen LogP contribution >= 0.6 is 0 Å². The van der Waals surface area contributed by atoms with Crippen LogP contribution in [-0.4, -0.2) is 70.9 Å². The predicted molar refractivity (Wildman–Crippen MR) is 169 cm³/mol. The molecule has 250 valence electrons. The molecule has 8 nitrogen and oxygen atoms in total. The minimum Gasteiger partial charge on any atom is -0.481 e. The lowest BCUT2D eigenvalue weighted by Crippen LogP contribution is -2.56. The number of amides is 2. The number of aliphatic carboxylic acids is 1. The average Bonchev–Trinajstić information content (AvgIpc) is 3.34. The van der Waals surface area contributed by atoms with Crippen LogP contribution in [0.25, 0.3) is 11.1 Å². The molecule has 3 aromatic rings. The second-order valence-electron chi connectivity index (χ2n) is 13.0. The molecule has 1 N–H and O–H groups in total. The summed E-state index contributed by atoms with van der Waals surface area (Å²) in [6.45, 7) is 5.54. The number of fused-ring (bicyclic) bond motifs is 3. The van der Waals surface area contributed by atoms with E-state index in [1.807, 2.05) is 48.5 Å². The van der Waals surface area contributed by atoms with E-state index in [2.05, 4.69) is 0 Å². The van der Waals surface area contributed by atoms with Crippen molar-refractivity contribution in [3.05, 3.63) is 95.1 Å². The summed E-state index contributed by atoms with van der Waals surface area (Å²) in [6.07, 6.45) is -5.54. The normalized spacial score (nSPS) is 17.9. The first kappa shape index (κ1) is 33.8. The monoisotopic (exact) mass is 652 g/mol. The second-order valence-corrected chi connectivity index (χ2v) is 13.0. The van der Waals surface area contributed by atoms with E-state index in [1.165, 1.54) is 21.9 Å². The number of hydrogen-bond acceptors (Lipinski definition) is 5. The van der Waals surface area contributed by atoms with Gasteiger partial charge in [0.1, 0.15) is 12.2 Å². The third-order valence-electron chi connectivity index (χ3n) is 8.66. The van der Waals surface area contributed by atoms with Crippen LogP contribution in [0.5, 0.6) is 0 Å². The van der Waals surface area contributed by atoms with Gasteiger partial charge >= 0.3 is 24.3 Å². The van der Waals surface area contributed by atoms with Gasteiger partial charge in [-0.3, -0.25) is 4.79 Å². The topological polar surface area (TPSA) is 96.4 Å². The molecule has 1 fully saturated rings. The van der Waals surface area contributed by atoms with Crippen molar-refractivity contribution in [3.63, 3.8) is 0 Å². The van der Waals surface area contributed by atoms with Crippen LogP contribution in [0, 0.1) is 0 Å². The Morgan fingerprint density at radius 3 is 2.06 bits per heavy atom. The van der Waals surface area contributed by atoms with Crippen LogP contribution in [0.4, 0.5) is 22.8 Å². The van der Waals surface area contributed by atoms with Gasteiger partial charge in [-0.05, 0) is 73.6 Å². The van der Waals surface area contributed by atoms with Crippen molar-refractivity contribution >= 4 is 18.2 Å². The number of hydrogen-bond donors (Lipinski definition) is 1. The third-order valence-corrected chi connectivity index (χ3v) is 8.66. The number of carbonyl (C=O) groups excluding carboxylic acids is 2. The molecule has 1 aliphatic carbocycles. The van der Waals surface area contributed by atoms with Gasteiger partial charge in [0.25, 0.3) is 0 Å². The Kier molecular flexibility index (Phi) is 9.84. The molecule has 2 unspecified atom stereocenters. The largest absolute Gasteiger partial charge is 0.481 e. The van der Waals surface area contributed by atoms with E-state index in [0.29, 0.717) is 12.0 Å². The van der Waals surface area contributed by atoms with E-state index in [9.17, 15) is 32.7 Å². The molecule has 47 heavy (non-hydrogen) atoms. The maximum absolute atomic E-state index is 14.0. The van der Waals surface area contributed by atoms with Crippen molar-refractivity contribution in [1.29, 1.82) is 0 Å². The van der Waals surface area contributed by atoms with E-state index >= 15 is 0 Å². The van der Waals surface area contributed by atoms with Crippen LogP contribution < -0.4 is 0 Å². The van der Waals surface area contributed by atoms with Crippen molar-refractivity contribution in [2.24, 2.45) is 0 Å². The maximum Gasteiger partial charge on any atom is 0.416 e. The number of benzene rings is 3. The van der Waals surface area contributed by atoms with Crippen molar-refractivity contribution < 1.29 is 42.1 Å². The van der Waals surface area contributed by atoms with Crippen LogP contribution in [0.1, 0.15) is 74.1 Å². The summed E-state index contributed by atoms with van der Waals surface area (Å²) in [4.78, 5) is 41.6. The first-order chi connectivity index (χ1) is 22.2. The Balaban J connectivity index is 1.45. The fourth-order valence-corrected chi connectivity index (χ4v) is 6.52. The van der Waals surface area contributed by atoms with E-state index in [1.54, 1.807) is 20.8 Å². The first-order valence-corrected chi connectivity index (χ1v) is 15.7. The summed E-state index contributed by atoms with van der Waals surface area (Å²) < 4.78 is 51.7. The van der Waals surface area contributed by atoms with Gasteiger partial charge in [-0.1, -0.05) is 60.7 Å². The zero-order valence-corrected chi connectivity index (χ0v) is 26.6. The predicted octanol–water partition coefficient (Wildman–Crippen LogP) is 7.91. The highest BCUT2D eigenvalue weighted by Crippen LogP contribution is 2.45. The van der Waals surface area contributed by atoms with Gasteiger partial charge in [-0.25, -0.2) is 9.59 Å². The van der Waals surface area contributed by atoms with Crippen LogP contribution in [-0.2, 0) is 20.4 Å². The minimum atomic E-state index is -4.51. The number of ether oxygens (including phenoxy) is 2. The van der Waals surface area contributed by atoms with Gasteiger partial charge in [-0.15, -0.1) is 0 Å². The SMILES string of the molecule is CC(C)(C)OC(=O)N1CCC(c2ccc(C(F)(F)F)cc2)C(N(CCCC(=O)O)C(=O)OCC2c3ccccc3-c3ccccc32)C1. The number of carbonyl (C=O) groups is 3. The smallest absolute Gasteiger partial charge is 0.416 e. The number of alkyl halides is 3. The molecule has 1 saturated heterocycles. The average molecular weight is 653 g/mol. The molecule has 5 rings (SSSR count). The van der Waals surface area contributed by atoms with E-state index in [0.717, 1.165) is 34.4 Å². The quantitative estimate of drug-likeness (QED) is 0.266. The van der Waals surface area contributed by atoms with E-state index < -0.39 is 47.5 Å². The number of rotatable bonds is 8. The summed E-state index contributed by atoms with van der Waals surface area (Å²) in [7, 11) is 0. The lowest BCUT2D eigenvalue weighted by molar-refractivity contribution is -0.138. The molecule has 1 heterocycles. The van der Waals surface area contributed by atoms with Crippen molar-refractivity contribution in [2.45, 2.75) is 69.7 Å². The zero-order chi connectivity index (χ0) is 33.9. The van der Waals surface area contributed by atoms with Gasteiger partial charge in [0.15, 0.2) is 0 Å². The molecule has 0 aromatic heterocycles. The standard InChI is InChI=1S/C36H39F3N2O6/c1-35(2,3)47-33(44)40-20-18-25(23-14-16-24(17-15-23)36(37,38)39)31(21-40)41(19-8-13-32(42)43)34(45)46-22-30-28-11-6-4-9-26(28)27-10-5-7-12-29(27)30/h4-7,9-12,14-17,25,30-31H,8,13,18-22H2,1-3H3,(H,42,43). The Bertz CT molecular complexity index is 1560. The minimum absolute atomic E-state index is 0.00688. The van der Waals surface area contributed by atoms with Gasteiger partial charge in [0.2, 0.25) is 0 Å². The highest BCUT2D eigenvalue weighted by Gasteiger charge is 2.41. The van der Waals surface area contributed by atoms with Crippen molar-refractivity contribution in [2.75, 3.05) is 26.2 Å². The van der Waals surface area contributed by atoms with E-state index in [4.69, 9.17) is 9.47 Å². The Labute approximate surface area is 272 Å². The first-order valence-electron chi connectivity index (χ1n) is 15.7.